The molecule has 1 amide bonds. The summed E-state index contributed by atoms with van der Waals surface area (Å²) in [5.74, 6) is 1.17. The summed E-state index contributed by atoms with van der Waals surface area (Å²) in [4.78, 5) is 22.8. The third-order valence-corrected chi connectivity index (χ3v) is 4.63. The Kier molecular flexibility index (Phi) is 5.84. The van der Waals surface area contributed by atoms with Crippen LogP contribution in [-0.2, 0) is 4.74 Å². The number of rotatable bonds is 4. The number of aromatic nitrogens is 2. The van der Waals surface area contributed by atoms with Crippen LogP contribution in [0.3, 0.4) is 0 Å². The van der Waals surface area contributed by atoms with E-state index < -0.39 is 5.60 Å². The molecule has 3 rings (SSSR count). The highest BCUT2D eigenvalue weighted by Gasteiger charge is 2.28. The number of hydrogen-bond acceptors (Lipinski definition) is 6. The van der Waals surface area contributed by atoms with E-state index in [4.69, 9.17) is 9.47 Å². The summed E-state index contributed by atoms with van der Waals surface area (Å²) >= 11 is 0. The lowest BCUT2D eigenvalue weighted by Crippen LogP contribution is -2.47. The molecule has 1 N–H and O–H groups in total. The van der Waals surface area contributed by atoms with Crippen LogP contribution in [0.1, 0.15) is 59.3 Å². The summed E-state index contributed by atoms with van der Waals surface area (Å²) in [7, 11) is 0. The van der Waals surface area contributed by atoms with Crippen molar-refractivity contribution in [2.24, 2.45) is 0 Å². The Morgan fingerprint density at radius 2 is 2.00 bits per heavy atom. The number of nitrogens with one attached hydrogen (secondary N) is 1. The van der Waals surface area contributed by atoms with Crippen molar-refractivity contribution in [3.05, 3.63) is 12.3 Å². The largest absolute Gasteiger partial charge is 0.474 e. The maximum absolute atomic E-state index is 12.3. The normalized spacial score (nSPS) is 21.5. The summed E-state index contributed by atoms with van der Waals surface area (Å²) in [6, 6.07) is 1.91. The van der Waals surface area contributed by atoms with E-state index in [1.165, 1.54) is 12.8 Å². The minimum absolute atomic E-state index is 0.109. The van der Waals surface area contributed by atoms with Gasteiger partial charge < -0.3 is 19.7 Å². The number of hydrogen-bond donors (Lipinski definition) is 1. The molecule has 2 fully saturated rings. The minimum atomic E-state index is -0.480. The monoisotopic (exact) mass is 362 g/mol. The molecule has 0 bridgehead atoms. The summed E-state index contributed by atoms with van der Waals surface area (Å²) in [6.07, 6.45) is 8.27. The number of piperidine rings is 1. The predicted molar refractivity (Wildman–Crippen MR) is 99.4 cm³/mol. The van der Waals surface area contributed by atoms with Crippen molar-refractivity contribution in [2.45, 2.75) is 77.0 Å². The van der Waals surface area contributed by atoms with E-state index in [1.807, 2.05) is 20.8 Å². The van der Waals surface area contributed by atoms with Gasteiger partial charge in [0.15, 0.2) is 0 Å². The first kappa shape index (κ1) is 18.7. The number of carbonyl (C=O) groups is 1. The molecule has 7 nitrogen and oxygen atoms in total. The zero-order chi connectivity index (χ0) is 18.6. The van der Waals surface area contributed by atoms with Crippen molar-refractivity contribution >= 4 is 12.0 Å². The minimum Gasteiger partial charge on any atom is -0.474 e. The third kappa shape index (κ3) is 5.47. The van der Waals surface area contributed by atoms with Gasteiger partial charge in [0.05, 0.1) is 0 Å². The molecular weight excluding hydrogens is 332 g/mol. The smallest absolute Gasteiger partial charge is 0.410 e. The van der Waals surface area contributed by atoms with Gasteiger partial charge in [-0.1, -0.05) is 0 Å². The number of amides is 1. The molecule has 1 atom stereocenters. The first-order valence-electron chi connectivity index (χ1n) is 9.63. The molecule has 1 saturated carbocycles. The van der Waals surface area contributed by atoms with Crippen LogP contribution in [0.4, 0.5) is 10.7 Å². The highest BCUT2D eigenvalue weighted by molar-refractivity contribution is 5.68. The molecule has 0 aromatic carbocycles. The highest BCUT2D eigenvalue weighted by Crippen LogP contribution is 2.23. The van der Waals surface area contributed by atoms with Gasteiger partial charge in [0.25, 0.3) is 0 Å². The Hall–Kier alpha value is -2.05. The molecule has 1 aromatic heterocycles. The molecule has 144 valence electrons. The molecular formula is C19H30N4O3. The zero-order valence-electron chi connectivity index (χ0n) is 16.0. The molecule has 0 spiro atoms. The first-order valence-corrected chi connectivity index (χ1v) is 9.63. The van der Waals surface area contributed by atoms with E-state index in [2.05, 4.69) is 15.3 Å². The van der Waals surface area contributed by atoms with Crippen molar-refractivity contribution in [3.63, 3.8) is 0 Å². The molecule has 0 radical (unpaired) electrons. The lowest BCUT2D eigenvalue weighted by atomic mass is 10.1. The van der Waals surface area contributed by atoms with Crippen LogP contribution in [0.2, 0.25) is 0 Å². The van der Waals surface area contributed by atoms with Crippen molar-refractivity contribution < 1.29 is 14.3 Å². The van der Waals surface area contributed by atoms with E-state index in [0.717, 1.165) is 32.2 Å². The number of carbonyl (C=O) groups excluding carboxylic acids is 1. The molecule has 2 aliphatic rings. The maximum Gasteiger partial charge on any atom is 0.410 e. The number of ether oxygens (including phenoxy) is 2. The van der Waals surface area contributed by atoms with Crippen molar-refractivity contribution in [1.29, 1.82) is 0 Å². The van der Waals surface area contributed by atoms with Crippen LogP contribution in [0, 0.1) is 0 Å². The zero-order valence-corrected chi connectivity index (χ0v) is 16.0. The fraction of sp³-hybridized carbons (Fsp3) is 0.737. The van der Waals surface area contributed by atoms with Gasteiger partial charge in [0, 0.05) is 31.4 Å². The van der Waals surface area contributed by atoms with Crippen LogP contribution in [0.25, 0.3) is 0 Å². The van der Waals surface area contributed by atoms with E-state index >= 15 is 0 Å². The summed E-state index contributed by atoms with van der Waals surface area (Å²) in [5, 5.41) is 3.34. The predicted octanol–water partition coefficient (Wildman–Crippen LogP) is 3.61. The number of anilines is 1. The van der Waals surface area contributed by atoms with Gasteiger partial charge >= 0.3 is 6.09 Å². The Balaban J connectivity index is 1.55. The molecule has 26 heavy (non-hydrogen) atoms. The second-order valence-corrected chi connectivity index (χ2v) is 8.15. The van der Waals surface area contributed by atoms with Gasteiger partial charge in [-0.05, 0) is 59.3 Å². The van der Waals surface area contributed by atoms with Crippen LogP contribution < -0.4 is 10.1 Å². The average Bonchev–Trinajstić information content (AvgIpc) is 3.07. The Labute approximate surface area is 155 Å². The Morgan fingerprint density at radius 3 is 2.73 bits per heavy atom. The molecule has 1 aliphatic heterocycles. The molecule has 1 saturated heterocycles. The van der Waals surface area contributed by atoms with Crippen molar-refractivity contribution in [2.75, 3.05) is 18.4 Å². The molecule has 1 aliphatic carbocycles. The van der Waals surface area contributed by atoms with Crippen LogP contribution in [-0.4, -0.2) is 51.8 Å². The lowest BCUT2D eigenvalue weighted by molar-refractivity contribution is 0.0206. The van der Waals surface area contributed by atoms with Gasteiger partial charge in [-0.3, -0.25) is 0 Å². The van der Waals surface area contributed by atoms with E-state index in [9.17, 15) is 4.79 Å². The summed E-state index contributed by atoms with van der Waals surface area (Å²) in [5.41, 5.74) is -0.480. The van der Waals surface area contributed by atoms with Gasteiger partial charge in [0.2, 0.25) is 11.8 Å². The molecule has 2 heterocycles. The molecule has 7 heteroatoms. The van der Waals surface area contributed by atoms with E-state index in [-0.39, 0.29) is 18.2 Å². The van der Waals surface area contributed by atoms with Crippen LogP contribution in [0.5, 0.6) is 5.88 Å². The van der Waals surface area contributed by atoms with Gasteiger partial charge in [-0.2, -0.15) is 4.98 Å². The van der Waals surface area contributed by atoms with Crippen LogP contribution in [0.15, 0.2) is 12.3 Å². The van der Waals surface area contributed by atoms with Gasteiger partial charge in [-0.15, -0.1) is 0 Å². The standard InChI is InChI=1S/C19H30N4O3/c1-19(2,3)26-18(24)23-12-6-7-14(13-23)21-17-20-11-10-16(22-17)25-15-8-4-5-9-15/h10-11,14-15H,4-9,12-13H2,1-3H3,(H,20,21,22)/t14-/m0/s1. The summed E-state index contributed by atoms with van der Waals surface area (Å²) in [6.45, 7) is 6.96. The highest BCUT2D eigenvalue weighted by atomic mass is 16.6. The topological polar surface area (TPSA) is 76.6 Å². The average molecular weight is 362 g/mol. The fourth-order valence-electron chi connectivity index (χ4n) is 3.42. The first-order chi connectivity index (χ1) is 12.4. The van der Waals surface area contributed by atoms with Gasteiger partial charge in [-0.25, -0.2) is 9.78 Å². The maximum atomic E-state index is 12.3. The quantitative estimate of drug-likeness (QED) is 0.882. The lowest BCUT2D eigenvalue weighted by Gasteiger charge is -2.34. The Morgan fingerprint density at radius 1 is 1.23 bits per heavy atom. The van der Waals surface area contributed by atoms with Gasteiger partial charge in [0.1, 0.15) is 11.7 Å². The third-order valence-electron chi connectivity index (χ3n) is 4.63. The number of likely N-dealkylation sites (tertiary alicyclic amines) is 1. The number of nitrogens with zero attached hydrogens (tertiary/aromatic N) is 3. The van der Waals surface area contributed by atoms with E-state index in [0.29, 0.717) is 18.4 Å². The second-order valence-electron chi connectivity index (χ2n) is 8.15. The fourth-order valence-corrected chi connectivity index (χ4v) is 3.42. The van der Waals surface area contributed by atoms with E-state index in [1.54, 1.807) is 17.2 Å². The van der Waals surface area contributed by atoms with Crippen molar-refractivity contribution in [3.8, 4) is 5.88 Å². The Bertz CT molecular complexity index is 611. The second kappa shape index (κ2) is 8.10. The molecule has 1 aromatic rings. The SMILES string of the molecule is CC(C)(C)OC(=O)N1CCC[C@H](Nc2nccc(OC3CCCC3)n2)C1. The van der Waals surface area contributed by atoms with Crippen molar-refractivity contribution in [1.82, 2.24) is 14.9 Å². The van der Waals surface area contributed by atoms with Crippen LogP contribution >= 0.6 is 0 Å². The molecule has 0 unspecified atom stereocenters. The summed E-state index contributed by atoms with van der Waals surface area (Å²) < 4.78 is 11.4.